The Hall–Kier alpha value is -3.67. The van der Waals surface area contributed by atoms with Crippen molar-refractivity contribution in [2.24, 2.45) is 0 Å². The normalized spacial score (nSPS) is 11.6. The van der Waals surface area contributed by atoms with Gasteiger partial charge in [-0.3, -0.25) is 14.4 Å². The molecule has 148 valence electrons. The minimum Gasteiger partial charge on any atom is -0.354 e. The van der Waals surface area contributed by atoms with Crippen LogP contribution in [0.4, 0.5) is 5.69 Å². The zero-order valence-electron chi connectivity index (χ0n) is 16.6. The molecule has 1 unspecified atom stereocenters. The molecule has 3 aromatic rings. The molecule has 0 aliphatic carbocycles. The average Bonchev–Trinajstić information content (AvgIpc) is 3.01. The SMILES string of the molecule is CC(=O)c1c(C)[nH]c(C(=O)NC(C(=O)Nc2ccccc2)c2ccccc2)c1C. The van der Waals surface area contributed by atoms with Crippen molar-refractivity contribution >= 4 is 23.3 Å². The molecule has 0 fully saturated rings. The van der Waals surface area contributed by atoms with Gasteiger partial charge in [-0.05, 0) is 44.0 Å². The number of aryl methyl sites for hydroxylation is 1. The van der Waals surface area contributed by atoms with Gasteiger partial charge in [-0.15, -0.1) is 0 Å². The Kier molecular flexibility index (Phi) is 5.93. The maximum absolute atomic E-state index is 13.0. The van der Waals surface area contributed by atoms with Crippen LogP contribution in [0.15, 0.2) is 60.7 Å². The van der Waals surface area contributed by atoms with Crippen molar-refractivity contribution < 1.29 is 14.4 Å². The van der Waals surface area contributed by atoms with E-state index < -0.39 is 11.9 Å². The Morgan fingerprint density at radius 3 is 2.03 bits per heavy atom. The molecular formula is C23H23N3O3. The summed E-state index contributed by atoms with van der Waals surface area (Å²) in [6.07, 6.45) is 0. The molecule has 0 radical (unpaired) electrons. The summed E-state index contributed by atoms with van der Waals surface area (Å²) in [7, 11) is 0. The van der Waals surface area contributed by atoms with Crippen LogP contribution in [-0.4, -0.2) is 22.6 Å². The summed E-state index contributed by atoms with van der Waals surface area (Å²) in [6, 6.07) is 17.2. The van der Waals surface area contributed by atoms with Gasteiger partial charge in [0.1, 0.15) is 11.7 Å². The highest BCUT2D eigenvalue weighted by molar-refractivity contribution is 6.04. The Morgan fingerprint density at radius 2 is 1.48 bits per heavy atom. The van der Waals surface area contributed by atoms with Gasteiger partial charge in [0.25, 0.3) is 11.8 Å². The van der Waals surface area contributed by atoms with Crippen LogP contribution < -0.4 is 10.6 Å². The molecular weight excluding hydrogens is 366 g/mol. The van der Waals surface area contributed by atoms with Crippen molar-refractivity contribution in [1.82, 2.24) is 10.3 Å². The number of hydrogen-bond acceptors (Lipinski definition) is 3. The molecule has 2 amide bonds. The lowest BCUT2D eigenvalue weighted by Crippen LogP contribution is -2.37. The summed E-state index contributed by atoms with van der Waals surface area (Å²) in [5.41, 5.74) is 3.27. The largest absolute Gasteiger partial charge is 0.354 e. The molecule has 0 aliphatic heterocycles. The molecule has 1 heterocycles. The first-order valence-electron chi connectivity index (χ1n) is 9.30. The second-order valence-electron chi connectivity index (χ2n) is 6.85. The van der Waals surface area contributed by atoms with E-state index in [1.165, 1.54) is 6.92 Å². The monoisotopic (exact) mass is 389 g/mol. The lowest BCUT2D eigenvalue weighted by molar-refractivity contribution is -0.118. The molecule has 2 aromatic carbocycles. The third kappa shape index (κ3) is 4.43. The van der Waals surface area contributed by atoms with Gasteiger partial charge < -0.3 is 15.6 Å². The second kappa shape index (κ2) is 8.56. The van der Waals surface area contributed by atoms with E-state index in [-0.39, 0.29) is 17.4 Å². The van der Waals surface area contributed by atoms with E-state index in [4.69, 9.17) is 0 Å². The number of amides is 2. The van der Waals surface area contributed by atoms with Gasteiger partial charge >= 0.3 is 0 Å². The topological polar surface area (TPSA) is 91.1 Å². The molecule has 0 bridgehead atoms. The second-order valence-corrected chi connectivity index (χ2v) is 6.85. The minimum absolute atomic E-state index is 0.114. The van der Waals surface area contributed by atoms with Gasteiger partial charge in [0.05, 0.1) is 0 Å². The predicted molar refractivity (Wildman–Crippen MR) is 112 cm³/mol. The first-order valence-corrected chi connectivity index (χ1v) is 9.30. The molecule has 6 heteroatoms. The van der Waals surface area contributed by atoms with Gasteiger partial charge in [-0.1, -0.05) is 48.5 Å². The van der Waals surface area contributed by atoms with Crippen molar-refractivity contribution in [2.75, 3.05) is 5.32 Å². The average molecular weight is 389 g/mol. The van der Waals surface area contributed by atoms with Crippen LogP contribution in [0, 0.1) is 13.8 Å². The number of anilines is 1. The minimum atomic E-state index is -0.896. The van der Waals surface area contributed by atoms with E-state index in [1.807, 2.05) is 36.4 Å². The summed E-state index contributed by atoms with van der Waals surface area (Å²) in [5.74, 6) is -0.921. The Bertz CT molecular complexity index is 1040. The van der Waals surface area contributed by atoms with E-state index in [9.17, 15) is 14.4 Å². The number of aromatic nitrogens is 1. The number of benzene rings is 2. The summed E-state index contributed by atoms with van der Waals surface area (Å²) in [5, 5.41) is 5.63. The first kappa shape index (κ1) is 20.1. The lowest BCUT2D eigenvalue weighted by atomic mass is 10.0. The highest BCUT2D eigenvalue weighted by Crippen LogP contribution is 2.21. The number of H-pyrrole nitrogens is 1. The number of hydrogen-bond donors (Lipinski definition) is 3. The number of Topliss-reactive ketones (excluding diaryl/α,β-unsaturated/α-hetero) is 1. The Morgan fingerprint density at radius 1 is 0.897 bits per heavy atom. The highest BCUT2D eigenvalue weighted by atomic mass is 16.2. The fourth-order valence-electron chi connectivity index (χ4n) is 3.39. The van der Waals surface area contributed by atoms with Crippen LogP contribution in [0.5, 0.6) is 0 Å². The highest BCUT2D eigenvalue weighted by Gasteiger charge is 2.26. The zero-order chi connectivity index (χ0) is 21.0. The first-order chi connectivity index (χ1) is 13.9. The fraction of sp³-hybridized carbons (Fsp3) is 0.174. The molecule has 0 saturated heterocycles. The van der Waals surface area contributed by atoms with Gasteiger partial charge in [0.2, 0.25) is 0 Å². The van der Waals surface area contributed by atoms with Crippen LogP contribution >= 0.6 is 0 Å². The standard InChI is InChI=1S/C23H23N3O3/c1-14-19(16(3)27)15(2)24-20(14)22(28)26-21(17-10-6-4-7-11-17)23(29)25-18-12-8-5-9-13-18/h4-13,21,24H,1-3H3,(H,25,29)(H,26,28). The van der Waals surface area contributed by atoms with Gasteiger partial charge in [0, 0.05) is 16.9 Å². The van der Waals surface area contributed by atoms with E-state index in [1.54, 1.807) is 38.1 Å². The summed E-state index contributed by atoms with van der Waals surface area (Å²) >= 11 is 0. The molecule has 6 nitrogen and oxygen atoms in total. The van der Waals surface area contributed by atoms with E-state index >= 15 is 0 Å². The smallest absolute Gasteiger partial charge is 0.268 e. The molecule has 1 aromatic heterocycles. The van der Waals surface area contributed by atoms with Gasteiger partial charge in [-0.25, -0.2) is 0 Å². The van der Waals surface area contributed by atoms with Crippen LogP contribution in [0.3, 0.4) is 0 Å². The van der Waals surface area contributed by atoms with Crippen LogP contribution in [0.2, 0.25) is 0 Å². The Labute approximate surface area is 169 Å². The predicted octanol–water partition coefficient (Wildman–Crippen LogP) is 3.94. The maximum atomic E-state index is 13.0. The van der Waals surface area contributed by atoms with Crippen molar-refractivity contribution in [3.8, 4) is 0 Å². The number of nitrogens with one attached hydrogen (secondary N) is 3. The lowest BCUT2D eigenvalue weighted by Gasteiger charge is -2.19. The van der Waals surface area contributed by atoms with E-state index in [2.05, 4.69) is 15.6 Å². The van der Waals surface area contributed by atoms with Crippen molar-refractivity contribution in [2.45, 2.75) is 26.8 Å². The summed E-state index contributed by atoms with van der Waals surface area (Å²) in [6.45, 7) is 4.93. The van der Waals surface area contributed by atoms with E-state index in [0.29, 0.717) is 28.1 Å². The number of carbonyl (C=O) groups is 3. The van der Waals surface area contributed by atoms with Gasteiger partial charge in [-0.2, -0.15) is 0 Å². The molecule has 1 atom stereocenters. The molecule has 3 N–H and O–H groups in total. The van der Waals surface area contributed by atoms with Crippen molar-refractivity contribution in [1.29, 1.82) is 0 Å². The third-order valence-electron chi connectivity index (χ3n) is 4.73. The van der Waals surface area contributed by atoms with Crippen LogP contribution in [0.25, 0.3) is 0 Å². The molecule has 0 saturated carbocycles. The van der Waals surface area contributed by atoms with Crippen LogP contribution in [-0.2, 0) is 4.79 Å². The number of carbonyl (C=O) groups excluding carboxylic acids is 3. The fourth-order valence-corrected chi connectivity index (χ4v) is 3.39. The number of rotatable bonds is 6. The number of aromatic amines is 1. The molecule has 29 heavy (non-hydrogen) atoms. The van der Waals surface area contributed by atoms with Crippen molar-refractivity contribution in [3.63, 3.8) is 0 Å². The van der Waals surface area contributed by atoms with Gasteiger partial charge in [0.15, 0.2) is 5.78 Å². The van der Waals surface area contributed by atoms with Crippen LogP contribution in [0.1, 0.15) is 50.6 Å². The summed E-state index contributed by atoms with van der Waals surface area (Å²) < 4.78 is 0. The molecule has 0 spiro atoms. The molecule has 3 rings (SSSR count). The maximum Gasteiger partial charge on any atom is 0.268 e. The molecule has 0 aliphatic rings. The Balaban J connectivity index is 1.89. The van der Waals surface area contributed by atoms with Crippen molar-refractivity contribution in [3.05, 3.63) is 88.7 Å². The third-order valence-corrected chi connectivity index (χ3v) is 4.73. The summed E-state index contributed by atoms with van der Waals surface area (Å²) in [4.78, 5) is 40.8. The quantitative estimate of drug-likeness (QED) is 0.558. The zero-order valence-corrected chi connectivity index (χ0v) is 16.6. The van der Waals surface area contributed by atoms with E-state index in [0.717, 1.165) is 0 Å². The number of para-hydroxylation sites is 1. The number of ketones is 1.